The van der Waals surface area contributed by atoms with Gasteiger partial charge in [0.2, 0.25) is 0 Å². The molecule has 1 N–H and O–H groups in total. The second kappa shape index (κ2) is 7.41. The highest BCUT2D eigenvalue weighted by Crippen LogP contribution is 2.12. The first-order valence-electron chi connectivity index (χ1n) is 6.46. The molecule has 96 valence electrons. The molecule has 0 saturated heterocycles. The first kappa shape index (κ1) is 14.1. The molecule has 1 rings (SSSR count). The molecule has 17 heavy (non-hydrogen) atoms. The highest BCUT2D eigenvalue weighted by atomic mass is 16.3. The van der Waals surface area contributed by atoms with Crippen molar-refractivity contribution in [3.63, 3.8) is 0 Å². The molecule has 0 atom stereocenters. The molecule has 0 bridgehead atoms. The van der Waals surface area contributed by atoms with Crippen molar-refractivity contribution in [1.29, 1.82) is 0 Å². The number of rotatable bonds is 7. The fourth-order valence-electron chi connectivity index (χ4n) is 1.86. The van der Waals surface area contributed by atoms with Gasteiger partial charge in [-0.1, -0.05) is 26.8 Å². The van der Waals surface area contributed by atoms with Crippen molar-refractivity contribution in [3.8, 4) is 0 Å². The van der Waals surface area contributed by atoms with E-state index >= 15 is 0 Å². The van der Waals surface area contributed by atoms with Gasteiger partial charge in [-0.3, -0.25) is 9.88 Å². The predicted octanol–water partition coefficient (Wildman–Crippen LogP) is 2.41. The summed E-state index contributed by atoms with van der Waals surface area (Å²) >= 11 is 0. The topological polar surface area (TPSA) is 36.4 Å². The molecular weight excluding hydrogens is 212 g/mol. The van der Waals surface area contributed by atoms with E-state index in [1.54, 1.807) is 0 Å². The van der Waals surface area contributed by atoms with Crippen LogP contribution < -0.4 is 0 Å². The summed E-state index contributed by atoms with van der Waals surface area (Å²) in [6.07, 6.45) is 1.10. The van der Waals surface area contributed by atoms with E-state index in [-0.39, 0.29) is 6.61 Å². The van der Waals surface area contributed by atoms with Crippen molar-refractivity contribution in [1.82, 2.24) is 9.88 Å². The van der Waals surface area contributed by atoms with E-state index in [1.165, 1.54) is 0 Å². The number of aliphatic hydroxyl groups is 1. The first-order valence-corrected chi connectivity index (χ1v) is 6.46. The Morgan fingerprint density at radius 1 is 1.29 bits per heavy atom. The maximum absolute atomic E-state index is 9.02. The highest BCUT2D eigenvalue weighted by Gasteiger charge is 2.07. The van der Waals surface area contributed by atoms with E-state index in [4.69, 9.17) is 5.11 Å². The SMILES string of the molecule is CCCN(CCO)Cc1cccc(C(C)C)n1. The van der Waals surface area contributed by atoms with Gasteiger partial charge in [0.05, 0.1) is 12.3 Å². The Labute approximate surface area is 104 Å². The molecule has 1 aromatic rings. The Kier molecular flexibility index (Phi) is 6.16. The molecule has 0 aromatic carbocycles. The van der Waals surface area contributed by atoms with E-state index in [1.807, 2.05) is 0 Å². The lowest BCUT2D eigenvalue weighted by molar-refractivity contribution is 0.189. The molecular formula is C14H24N2O. The Balaban J connectivity index is 2.67. The van der Waals surface area contributed by atoms with Crippen LogP contribution in [0.25, 0.3) is 0 Å². The van der Waals surface area contributed by atoms with Crippen LogP contribution in [0.2, 0.25) is 0 Å². The highest BCUT2D eigenvalue weighted by molar-refractivity contribution is 5.13. The van der Waals surface area contributed by atoms with Gasteiger partial charge >= 0.3 is 0 Å². The van der Waals surface area contributed by atoms with Gasteiger partial charge in [-0.05, 0) is 31.0 Å². The monoisotopic (exact) mass is 236 g/mol. The summed E-state index contributed by atoms with van der Waals surface area (Å²) in [5, 5.41) is 9.02. The van der Waals surface area contributed by atoms with Crippen LogP contribution in [-0.4, -0.2) is 34.7 Å². The Morgan fingerprint density at radius 2 is 2.06 bits per heavy atom. The molecule has 3 heteroatoms. The van der Waals surface area contributed by atoms with Crippen molar-refractivity contribution in [2.24, 2.45) is 0 Å². The molecule has 0 aliphatic rings. The van der Waals surface area contributed by atoms with Crippen LogP contribution in [0.3, 0.4) is 0 Å². The summed E-state index contributed by atoms with van der Waals surface area (Å²) in [7, 11) is 0. The quantitative estimate of drug-likeness (QED) is 0.790. The van der Waals surface area contributed by atoms with Gasteiger partial charge in [0.15, 0.2) is 0 Å². The average Bonchev–Trinajstić information content (AvgIpc) is 2.30. The molecule has 0 radical (unpaired) electrons. The van der Waals surface area contributed by atoms with Crippen LogP contribution >= 0.6 is 0 Å². The predicted molar refractivity (Wildman–Crippen MR) is 71.0 cm³/mol. The maximum atomic E-state index is 9.02. The van der Waals surface area contributed by atoms with E-state index < -0.39 is 0 Å². The van der Waals surface area contributed by atoms with Crippen molar-refractivity contribution in [2.75, 3.05) is 19.7 Å². The van der Waals surface area contributed by atoms with E-state index in [2.05, 4.69) is 48.9 Å². The lowest BCUT2D eigenvalue weighted by Crippen LogP contribution is -2.27. The second-order valence-electron chi connectivity index (χ2n) is 4.71. The average molecular weight is 236 g/mol. The van der Waals surface area contributed by atoms with Gasteiger partial charge in [0.1, 0.15) is 0 Å². The summed E-state index contributed by atoms with van der Waals surface area (Å²) < 4.78 is 0. The summed E-state index contributed by atoms with van der Waals surface area (Å²) in [5.74, 6) is 0.465. The summed E-state index contributed by atoms with van der Waals surface area (Å²) in [5.41, 5.74) is 2.24. The van der Waals surface area contributed by atoms with Crippen LogP contribution in [-0.2, 0) is 6.54 Å². The molecule has 0 amide bonds. The molecule has 0 aliphatic carbocycles. The van der Waals surface area contributed by atoms with Crippen molar-refractivity contribution in [3.05, 3.63) is 29.6 Å². The summed E-state index contributed by atoms with van der Waals surface area (Å²) in [4.78, 5) is 6.90. The standard InChI is InChI=1S/C14H24N2O/c1-4-8-16(9-10-17)11-13-6-5-7-14(15-13)12(2)3/h5-7,12,17H,4,8-11H2,1-3H3. The Morgan fingerprint density at radius 3 is 2.65 bits per heavy atom. The zero-order chi connectivity index (χ0) is 12.7. The van der Waals surface area contributed by atoms with Crippen LogP contribution in [0.5, 0.6) is 0 Å². The largest absolute Gasteiger partial charge is 0.395 e. The fraction of sp³-hybridized carbons (Fsp3) is 0.643. The van der Waals surface area contributed by atoms with Gasteiger partial charge in [-0.15, -0.1) is 0 Å². The smallest absolute Gasteiger partial charge is 0.0558 e. The molecule has 0 spiro atoms. The van der Waals surface area contributed by atoms with Crippen LogP contribution in [0.15, 0.2) is 18.2 Å². The van der Waals surface area contributed by atoms with Crippen LogP contribution in [0.1, 0.15) is 44.5 Å². The zero-order valence-corrected chi connectivity index (χ0v) is 11.2. The van der Waals surface area contributed by atoms with Crippen LogP contribution in [0.4, 0.5) is 0 Å². The van der Waals surface area contributed by atoms with E-state index in [0.29, 0.717) is 5.92 Å². The van der Waals surface area contributed by atoms with Crippen LogP contribution in [0, 0.1) is 0 Å². The molecule has 3 nitrogen and oxygen atoms in total. The van der Waals surface area contributed by atoms with Gasteiger partial charge in [-0.2, -0.15) is 0 Å². The lowest BCUT2D eigenvalue weighted by Gasteiger charge is -2.20. The van der Waals surface area contributed by atoms with Gasteiger partial charge in [-0.25, -0.2) is 0 Å². The third kappa shape index (κ3) is 4.84. The number of hydrogen-bond donors (Lipinski definition) is 1. The zero-order valence-electron chi connectivity index (χ0n) is 11.2. The van der Waals surface area contributed by atoms with Gasteiger partial charge in [0, 0.05) is 18.8 Å². The Bertz CT molecular complexity index is 320. The minimum Gasteiger partial charge on any atom is -0.395 e. The molecule has 0 saturated carbocycles. The molecule has 1 aromatic heterocycles. The number of aliphatic hydroxyl groups excluding tert-OH is 1. The number of aromatic nitrogens is 1. The maximum Gasteiger partial charge on any atom is 0.0558 e. The molecule has 1 heterocycles. The summed E-state index contributed by atoms with van der Waals surface area (Å²) in [6, 6.07) is 6.21. The molecule has 0 fully saturated rings. The third-order valence-electron chi connectivity index (χ3n) is 2.76. The number of hydrogen-bond acceptors (Lipinski definition) is 3. The second-order valence-corrected chi connectivity index (χ2v) is 4.71. The third-order valence-corrected chi connectivity index (χ3v) is 2.76. The molecule has 0 aliphatic heterocycles. The number of pyridine rings is 1. The molecule has 0 unspecified atom stereocenters. The minimum absolute atomic E-state index is 0.212. The minimum atomic E-state index is 0.212. The van der Waals surface area contributed by atoms with Crippen molar-refractivity contribution < 1.29 is 5.11 Å². The number of nitrogens with zero attached hydrogens (tertiary/aromatic N) is 2. The van der Waals surface area contributed by atoms with Crippen molar-refractivity contribution >= 4 is 0 Å². The van der Waals surface area contributed by atoms with E-state index in [0.717, 1.165) is 37.4 Å². The first-order chi connectivity index (χ1) is 8.17. The lowest BCUT2D eigenvalue weighted by atomic mass is 10.1. The Hall–Kier alpha value is -0.930. The van der Waals surface area contributed by atoms with Gasteiger partial charge in [0.25, 0.3) is 0 Å². The van der Waals surface area contributed by atoms with Crippen molar-refractivity contribution in [2.45, 2.75) is 39.7 Å². The van der Waals surface area contributed by atoms with E-state index in [9.17, 15) is 0 Å². The van der Waals surface area contributed by atoms with Gasteiger partial charge < -0.3 is 5.11 Å². The normalized spacial score (nSPS) is 11.4. The summed E-state index contributed by atoms with van der Waals surface area (Å²) in [6.45, 7) is 9.24. The fourth-order valence-corrected chi connectivity index (χ4v) is 1.86.